The first-order valence-electron chi connectivity index (χ1n) is 8.85. The van der Waals surface area contributed by atoms with Crippen molar-refractivity contribution in [2.45, 2.75) is 12.5 Å². The predicted octanol–water partition coefficient (Wildman–Crippen LogP) is 1.00. The number of carbonyl (C=O) groups is 1. The molecule has 1 amide bonds. The molecule has 4 rings (SSSR count). The second-order valence-corrected chi connectivity index (χ2v) is 6.96. The summed E-state index contributed by atoms with van der Waals surface area (Å²) >= 11 is 0. The fourth-order valence-corrected chi connectivity index (χ4v) is 3.53. The molecule has 1 saturated heterocycles. The van der Waals surface area contributed by atoms with Crippen LogP contribution in [0, 0.1) is 5.92 Å². The van der Waals surface area contributed by atoms with Crippen molar-refractivity contribution in [3.8, 4) is 0 Å². The number of pyridine rings is 1. The smallest absolute Gasteiger partial charge is 0.260 e. The van der Waals surface area contributed by atoms with Crippen LogP contribution in [0.5, 0.6) is 0 Å². The van der Waals surface area contributed by atoms with Gasteiger partial charge in [-0.2, -0.15) is 0 Å². The Morgan fingerprint density at radius 2 is 2.07 bits per heavy atom. The lowest BCUT2D eigenvalue weighted by Crippen LogP contribution is -2.29. The maximum absolute atomic E-state index is 12.9. The molecule has 1 N–H and O–H groups in total. The Hall–Kier alpha value is -3.06. The molecule has 0 aliphatic carbocycles. The van der Waals surface area contributed by atoms with E-state index < -0.39 is 6.10 Å². The number of fused-ring (bicyclic) bond motifs is 1. The molecule has 7 heteroatoms. The van der Waals surface area contributed by atoms with Crippen molar-refractivity contribution < 1.29 is 9.90 Å². The highest BCUT2D eigenvalue weighted by molar-refractivity contribution is 5.97. The predicted molar refractivity (Wildman–Crippen MR) is 100 cm³/mol. The zero-order chi connectivity index (χ0) is 19.0. The maximum atomic E-state index is 12.9. The molecule has 2 aromatic heterocycles. The topological polar surface area (TPSA) is 88.3 Å². The molecule has 0 bridgehead atoms. The van der Waals surface area contributed by atoms with Crippen LogP contribution in [-0.2, 0) is 13.5 Å². The second kappa shape index (κ2) is 6.92. The van der Waals surface area contributed by atoms with Crippen molar-refractivity contribution in [2.75, 3.05) is 13.1 Å². The van der Waals surface area contributed by atoms with Crippen LogP contribution in [0.2, 0.25) is 0 Å². The Morgan fingerprint density at radius 3 is 2.85 bits per heavy atom. The van der Waals surface area contributed by atoms with Gasteiger partial charge in [-0.25, -0.2) is 4.98 Å². The Labute approximate surface area is 155 Å². The number of nitrogens with zero attached hydrogens (tertiary/aromatic N) is 4. The van der Waals surface area contributed by atoms with Gasteiger partial charge in [0, 0.05) is 43.5 Å². The highest BCUT2D eigenvalue weighted by atomic mass is 16.3. The largest absolute Gasteiger partial charge is 0.391 e. The summed E-state index contributed by atoms with van der Waals surface area (Å²) in [5.74, 6) is -0.211. The van der Waals surface area contributed by atoms with Gasteiger partial charge in [-0.1, -0.05) is 6.07 Å². The van der Waals surface area contributed by atoms with Crippen LogP contribution in [0.3, 0.4) is 0 Å². The first-order valence-corrected chi connectivity index (χ1v) is 8.85. The zero-order valence-corrected chi connectivity index (χ0v) is 14.9. The summed E-state index contributed by atoms with van der Waals surface area (Å²) in [6.07, 6.45) is 3.22. The van der Waals surface area contributed by atoms with Gasteiger partial charge in [-0.05, 0) is 36.8 Å². The summed E-state index contributed by atoms with van der Waals surface area (Å²) in [4.78, 5) is 35.2. The third-order valence-corrected chi connectivity index (χ3v) is 5.06. The van der Waals surface area contributed by atoms with Gasteiger partial charge in [0.25, 0.3) is 11.5 Å². The molecule has 0 radical (unpaired) electrons. The molecule has 1 fully saturated rings. The van der Waals surface area contributed by atoms with Gasteiger partial charge >= 0.3 is 0 Å². The van der Waals surface area contributed by atoms with Crippen LogP contribution in [0.4, 0.5) is 0 Å². The molecule has 0 unspecified atom stereocenters. The standard InChI is InChI=1S/C20H20N4O3/c1-23-12-22-17-9-13(5-6-16(17)20(23)27)19(26)24-10-14(18(25)11-24)8-15-4-2-3-7-21-15/h2-7,9,12,14,18,25H,8,10-11H2,1H3/t14-,18-/m1/s1. The Balaban J connectivity index is 1.54. The van der Waals surface area contributed by atoms with Gasteiger partial charge in [0.15, 0.2) is 0 Å². The van der Waals surface area contributed by atoms with Gasteiger partial charge < -0.3 is 14.6 Å². The molecular formula is C20H20N4O3. The fourth-order valence-electron chi connectivity index (χ4n) is 3.53. The number of hydrogen-bond acceptors (Lipinski definition) is 5. The third-order valence-electron chi connectivity index (χ3n) is 5.06. The van der Waals surface area contributed by atoms with Crippen molar-refractivity contribution in [3.63, 3.8) is 0 Å². The molecule has 3 heterocycles. The number of aromatic nitrogens is 3. The van der Waals surface area contributed by atoms with E-state index in [0.29, 0.717) is 36.0 Å². The average Bonchev–Trinajstić information content (AvgIpc) is 3.05. The first-order chi connectivity index (χ1) is 13.0. The summed E-state index contributed by atoms with van der Waals surface area (Å²) in [7, 11) is 1.64. The van der Waals surface area contributed by atoms with Crippen molar-refractivity contribution in [3.05, 3.63) is 70.5 Å². The van der Waals surface area contributed by atoms with E-state index in [0.717, 1.165) is 5.69 Å². The number of aliphatic hydroxyl groups excluding tert-OH is 1. The second-order valence-electron chi connectivity index (χ2n) is 6.96. The van der Waals surface area contributed by atoms with Crippen LogP contribution < -0.4 is 5.56 Å². The molecule has 7 nitrogen and oxygen atoms in total. The van der Waals surface area contributed by atoms with Crippen LogP contribution in [-0.4, -0.2) is 49.6 Å². The zero-order valence-electron chi connectivity index (χ0n) is 14.9. The molecule has 0 spiro atoms. The fraction of sp³-hybridized carbons (Fsp3) is 0.300. The van der Waals surface area contributed by atoms with Crippen molar-refractivity contribution in [1.82, 2.24) is 19.4 Å². The van der Waals surface area contributed by atoms with E-state index in [9.17, 15) is 14.7 Å². The number of likely N-dealkylation sites (tertiary alicyclic amines) is 1. The molecule has 1 aliphatic rings. The van der Waals surface area contributed by atoms with E-state index in [1.165, 1.54) is 10.9 Å². The number of benzene rings is 1. The number of amides is 1. The van der Waals surface area contributed by atoms with Gasteiger partial charge in [0.05, 0.1) is 23.3 Å². The van der Waals surface area contributed by atoms with E-state index in [2.05, 4.69) is 9.97 Å². The molecule has 27 heavy (non-hydrogen) atoms. The third kappa shape index (κ3) is 3.33. The molecule has 1 aliphatic heterocycles. The summed E-state index contributed by atoms with van der Waals surface area (Å²) in [6, 6.07) is 10.6. The average molecular weight is 364 g/mol. The van der Waals surface area contributed by atoms with Gasteiger partial charge in [-0.3, -0.25) is 14.6 Å². The normalized spacial score (nSPS) is 19.6. The Kier molecular flexibility index (Phi) is 4.45. The minimum atomic E-state index is -0.582. The lowest BCUT2D eigenvalue weighted by Gasteiger charge is -2.16. The van der Waals surface area contributed by atoms with Crippen molar-refractivity contribution in [2.24, 2.45) is 13.0 Å². The minimum Gasteiger partial charge on any atom is -0.391 e. The highest BCUT2D eigenvalue weighted by Crippen LogP contribution is 2.23. The van der Waals surface area contributed by atoms with Crippen LogP contribution >= 0.6 is 0 Å². The van der Waals surface area contributed by atoms with E-state index >= 15 is 0 Å². The first kappa shape index (κ1) is 17.4. The lowest BCUT2D eigenvalue weighted by molar-refractivity contribution is 0.0765. The monoisotopic (exact) mass is 364 g/mol. The van der Waals surface area contributed by atoms with Crippen molar-refractivity contribution >= 4 is 16.8 Å². The number of carbonyl (C=O) groups excluding carboxylic acids is 1. The molecule has 1 aromatic carbocycles. The molecule has 3 aromatic rings. The lowest BCUT2D eigenvalue weighted by atomic mass is 10.00. The Bertz CT molecular complexity index is 1050. The summed E-state index contributed by atoms with van der Waals surface area (Å²) in [5.41, 5.74) is 1.72. The van der Waals surface area contributed by atoms with E-state index in [1.54, 1.807) is 36.3 Å². The Morgan fingerprint density at radius 1 is 1.22 bits per heavy atom. The molecule has 138 valence electrons. The van der Waals surface area contributed by atoms with E-state index in [4.69, 9.17) is 0 Å². The number of hydrogen-bond donors (Lipinski definition) is 1. The van der Waals surface area contributed by atoms with Crippen LogP contribution in [0.25, 0.3) is 10.9 Å². The highest BCUT2D eigenvalue weighted by Gasteiger charge is 2.34. The summed E-state index contributed by atoms with van der Waals surface area (Å²) in [6.45, 7) is 0.761. The summed E-state index contributed by atoms with van der Waals surface area (Å²) in [5, 5.41) is 10.9. The quantitative estimate of drug-likeness (QED) is 0.749. The number of β-amino-alcohol motifs (C(OH)–C–C–N with tert-alkyl or cyclic N) is 1. The van der Waals surface area contributed by atoms with Crippen LogP contribution in [0.15, 0.2) is 53.7 Å². The minimum absolute atomic E-state index is 0.0466. The van der Waals surface area contributed by atoms with Gasteiger partial charge in [0.1, 0.15) is 0 Å². The maximum Gasteiger partial charge on any atom is 0.260 e. The van der Waals surface area contributed by atoms with E-state index in [1.807, 2.05) is 18.2 Å². The van der Waals surface area contributed by atoms with E-state index in [-0.39, 0.29) is 17.4 Å². The number of aliphatic hydroxyl groups is 1. The van der Waals surface area contributed by atoms with Crippen LogP contribution in [0.1, 0.15) is 16.1 Å². The van der Waals surface area contributed by atoms with Gasteiger partial charge in [0.2, 0.25) is 0 Å². The molecular weight excluding hydrogens is 344 g/mol. The van der Waals surface area contributed by atoms with Crippen molar-refractivity contribution in [1.29, 1.82) is 0 Å². The number of rotatable bonds is 3. The SMILES string of the molecule is Cn1cnc2cc(C(=O)N3C[C@@H](Cc4ccccn4)[C@H](O)C3)ccc2c1=O. The summed E-state index contributed by atoms with van der Waals surface area (Å²) < 4.78 is 1.41. The number of aryl methyl sites for hydroxylation is 1. The molecule has 0 saturated carbocycles. The van der Waals surface area contributed by atoms with Gasteiger partial charge in [-0.15, -0.1) is 0 Å². The molecule has 2 atom stereocenters.